The number of rotatable bonds is 6. The van der Waals surface area contributed by atoms with Crippen molar-refractivity contribution in [1.29, 1.82) is 0 Å². The normalized spacial score (nSPS) is 19.2. The molecule has 3 aromatic heterocycles. The standard InChI is InChI=1S/C32H41N7O5/c1-31(2,3)44-30(42)37-10-6-7-20(37)17-43-26-25(35-18-36-27(26)33)21-8-9-34-28(22(21)16-40)39-12-11-38-23(29(39)41)13-19-14-32(4,5)15-24(19)38/h8-9,13,18,20,40H,6-7,10-12,14-17H2,1-5H3,(H2,33,35,36)/t20-/m0/s1. The lowest BCUT2D eigenvalue weighted by atomic mass is 9.90. The Morgan fingerprint density at radius 1 is 1.16 bits per heavy atom. The maximum absolute atomic E-state index is 13.8. The van der Waals surface area contributed by atoms with Crippen LogP contribution in [-0.4, -0.2) is 72.9 Å². The molecule has 234 valence electrons. The fourth-order valence-corrected chi connectivity index (χ4v) is 6.68. The molecule has 1 aliphatic carbocycles. The Morgan fingerprint density at radius 3 is 2.70 bits per heavy atom. The van der Waals surface area contributed by atoms with Gasteiger partial charge in [0.05, 0.1) is 12.6 Å². The number of carbonyl (C=O) groups excluding carboxylic acids is 2. The Balaban J connectivity index is 1.28. The lowest BCUT2D eigenvalue weighted by molar-refractivity contribution is 0.0187. The van der Waals surface area contributed by atoms with Gasteiger partial charge < -0.3 is 29.8 Å². The van der Waals surface area contributed by atoms with E-state index in [9.17, 15) is 14.7 Å². The number of anilines is 2. The number of carbonyl (C=O) groups is 2. The number of aliphatic hydroxyl groups is 1. The first-order valence-electron chi connectivity index (χ1n) is 15.2. The van der Waals surface area contributed by atoms with E-state index in [-0.39, 0.29) is 48.2 Å². The molecule has 3 N–H and O–H groups in total. The van der Waals surface area contributed by atoms with Gasteiger partial charge in [-0.25, -0.2) is 19.7 Å². The van der Waals surface area contributed by atoms with E-state index < -0.39 is 5.60 Å². The van der Waals surface area contributed by atoms with Crippen LogP contribution in [0.4, 0.5) is 16.4 Å². The second-order valence-electron chi connectivity index (χ2n) is 13.7. The van der Waals surface area contributed by atoms with Crippen LogP contribution in [0.25, 0.3) is 11.3 Å². The number of nitrogens with two attached hydrogens (primary N) is 1. The van der Waals surface area contributed by atoms with E-state index in [1.54, 1.807) is 22.1 Å². The molecule has 12 heteroatoms. The summed E-state index contributed by atoms with van der Waals surface area (Å²) in [5, 5.41) is 10.6. The molecule has 0 spiro atoms. The molecule has 5 heterocycles. The summed E-state index contributed by atoms with van der Waals surface area (Å²) in [6.45, 7) is 11.4. The number of hydrogen-bond donors (Lipinski definition) is 2. The smallest absolute Gasteiger partial charge is 0.410 e. The van der Waals surface area contributed by atoms with Crippen LogP contribution in [-0.2, 0) is 30.7 Å². The largest absolute Gasteiger partial charge is 0.485 e. The summed E-state index contributed by atoms with van der Waals surface area (Å²) in [6, 6.07) is 3.53. The second-order valence-corrected chi connectivity index (χ2v) is 13.7. The molecular formula is C32H41N7O5. The number of hydrogen-bond acceptors (Lipinski definition) is 9. The Kier molecular flexibility index (Phi) is 7.51. The summed E-state index contributed by atoms with van der Waals surface area (Å²) < 4.78 is 14.0. The quantitative estimate of drug-likeness (QED) is 0.427. The van der Waals surface area contributed by atoms with Crippen LogP contribution in [0.1, 0.15) is 74.8 Å². The van der Waals surface area contributed by atoms with E-state index in [1.165, 1.54) is 17.6 Å². The lowest BCUT2D eigenvalue weighted by Crippen LogP contribution is -2.42. The third-order valence-electron chi connectivity index (χ3n) is 8.58. The summed E-state index contributed by atoms with van der Waals surface area (Å²) in [7, 11) is 0. The van der Waals surface area contributed by atoms with E-state index >= 15 is 0 Å². The number of aliphatic hydroxyl groups excluding tert-OH is 1. The molecule has 0 unspecified atom stereocenters. The van der Waals surface area contributed by atoms with Gasteiger partial charge in [-0.1, -0.05) is 13.8 Å². The summed E-state index contributed by atoms with van der Waals surface area (Å²) in [4.78, 5) is 43.1. The fraction of sp³-hybridized carbons (Fsp3) is 0.531. The number of amides is 2. The molecule has 0 saturated carbocycles. The third kappa shape index (κ3) is 5.47. The van der Waals surface area contributed by atoms with E-state index in [1.807, 2.05) is 26.8 Å². The van der Waals surface area contributed by atoms with Gasteiger partial charge in [0, 0.05) is 42.7 Å². The van der Waals surface area contributed by atoms with Crippen LogP contribution in [0.3, 0.4) is 0 Å². The molecule has 6 rings (SSSR count). The minimum Gasteiger partial charge on any atom is -0.485 e. The van der Waals surface area contributed by atoms with Gasteiger partial charge in [0.25, 0.3) is 5.91 Å². The molecule has 1 atom stereocenters. The zero-order valence-electron chi connectivity index (χ0n) is 26.1. The van der Waals surface area contributed by atoms with Crippen LogP contribution >= 0.6 is 0 Å². The van der Waals surface area contributed by atoms with Crippen LogP contribution in [0.2, 0.25) is 0 Å². The van der Waals surface area contributed by atoms with E-state index in [0.29, 0.717) is 48.0 Å². The SMILES string of the molecule is CC1(C)Cc2cc3n(c2C1)CCN(c1nccc(-c2ncnc(N)c2OC[C@@H]2CCCN2C(=O)OC(C)(C)C)c1CO)C3=O. The lowest BCUT2D eigenvalue weighted by Gasteiger charge is -2.31. The van der Waals surface area contributed by atoms with Crippen molar-refractivity contribution in [2.45, 2.75) is 85.1 Å². The topological polar surface area (TPSA) is 149 Å². The molecule has 0 bridgehead atoms. The first-order valence-corrected chi connectivity index (χ1v) is 15.2. The summed E-state index contributed by atoms with van der Waals surface area (Å²) in [6.07, 6.45) is 6.02. The van der Waals surface area contributed by atoms with Crippen LogP contribution in [0.15, 0.2) is 24.7 Å². The predicted molar refractivity (Wildman–Crippen MR) is 164 cm³/mol. The van der Waals surface area contributed by atoms with E-state index in [0.717, 1.165) is 25.7 Å². The van der Waals surface area contributed by atoms with Crippen molar-refractivity contribution >= 4 is 23.6 Å². The van der Waals surface area contributed by atoms with Crippen LogP contribution in [0, 0.1) is 5.41 Å². The molecule has 2 amide bonds. The van der Waals surface area contributed by atoms with E-state index in [4.69, 9.17) is 15.2 Å². The molecule has 0 aromatic carbocycles. The van der Waals surface area contributed by atoms with Crippen LogP contribution < -0.4 is 15.4 Å². The minimum atomic E-state index is -0.606. The molecule has 3 aliphatic rings. The zero-order chi connectivity index (χ0) is 31.4. The van der Waals surface area contributed by atoms with Crippen molar-refractivity contribution in [2.24, 2.45) is 5.41 Å². The van der Waals surface area contributed by atoms with E-state index in [2.05, 4.69) is 33.4 Å². The molecule has 1 saturated heterocycles. The number of nitrogen functional groups attached to an aromatic ring is 1. The molecule has 2 aliphatic heterocycles. The first kappa shape index (κ1) is 29.9. The van der Waals surface area contributed by atoms with Gasteiger partial charge in [0.2, 0.25) is 0 Å². The number of aromatic nitrogens is 4. The summed E-state index contributed by atoms with van der Waals surface area (Å²) >= 11 is 0. The highest BCUT2D eigenvalue weighted by Crippen LogP contribution is 2.41. The van der Waals surface area contributed by atoms with Gasteiger partial charge >= 0.3 is 6.09 Å². The molecule has 12 nitrogen and oxygen atoms in total. The number of ether oxygens (including phenoxy) is 2. The van der Waals surface area contributed by atoms with Gasteiger partial charge in [-0.2, -0.15) is 0 Å². The molecule has 3 aromatic rings. The summed E-state index contributed by atoms with van der Waals surface area (Å²) in [5.74, 6) is 0.597. The second kappa shape index (κ2) is 11.1. The van der Waals surface area contributed by atoms with Crippen molar-refractivity contribution < 1.29 is 24.2 Å². The first-order chi connectivity index (χ1) is 20.9. The third-order valence-corrected chi connectivity index (χ3v) is 8.58. The summed E-state index contributed by atoms with van der Waals surface area (Å²) in [5.41, 5.74) is 10.4. The molecule has 1 fully saturated rings. The number of fused-ring (bicyclic) bond motifs is 3. The number of likely N-dealkylation sites (tertiary alicyclic amines) is 1. The van der Waals surface area contributed by atoms with Crippen molar-refractivity contribution in [1.82, 2.24) is 24.4 Å². The highest BCUT2D eigenvalue weighted by atomic mass is 16.6. The van der Waals surface area contributed by atoms with Crippen molar-refractivity contribution in [2.75, 3.05) is 30.3 Å². The molecule has 0 radical (unpaired) electrons. The number of pyridine rings is 1. The predicted octanol–water partition coefficient (Wildman–Crippen LogP) is 3.98. The highest BCUT2D eigenvalue weighted by Gasteiger charge is 2.38. The zero-order valence-corrected chi connectivity index (χ0v) is 26.1. The number of nitrogens with zero attached hydrogens (tertiary/aromatic N) is 6. The maximum Gasteiger partial charge on any atom is 0.410 e. The van der Waals surface area contributed by atoms with Gasteiger partial charge in [0.1, 0.15) is 35.7 Å². The van der Waals surface area contributed by atoms with Crippen molar-refractivity contribution in [3.8, 4) is 17.0 Å². The molecule has 44 heavy (non-hydrogen) atoms. The Morgan fingerprint density at radius 2 is 1.95 bits per heavy atom. The van der Waals surface area contributed by atoms with Gasteiger partial charge in [0.15, 0.2) is 11.6 Å². The Hall–Kier alpha value is -4.19. The van der Waals surface area contributed by atoms with Gasteiger partial charge in [-0.05, 0) is 69.6 Å². The van der Waals surface area contributed by atoms with Crippen LogP contribution in [0.5, 0.6) is 5.75 Å². The van der Waals surface area contributed by atoms with Crippen molar-refractivity contribution in [3.05, 3.63) is 47.2 Å². The monoisotopic (exact) mass is 603 g/mol. The average molecular weight is 604 g/mol. The highest BCUT2D eigenvalue weighted by molar-refractivity contribution is 6.06. The average Bonchev–Trinajstić information content (AvgIpc) is 3.64. The van der Waals surface area contributed by atoms with Gasteiger partial charge in [-0.15, -0.1) is 0 Å². The van der Waals surface area contributed by atoms with Gasteiger partial charge in [-0.3, -0.25) is 9.69 Å². The fourth-order valence-electron chi connectivity index (χ4n) is 6.68. The maximum atomic E-state index is 13.8. The molecular weight excluding hydrogens is 562 g/mol. The minimum absolute atomic E-state index is 0.128. The van der Waals surface area contributed by atoms with Crippen molar-refractivity contribution in [3.63, 3.8) is 0 Å². The Bertz CT molecular complexity index is 1610. The Labute approximate surface area is 257 Å².